The molecule has 1 aromatic heterocycles. The van der Waals surface area contributed by atoms with Crippen molar-refractivity contribution in [1.82, 2.24) is 14.7 Å². The van der Waals surface area contributed by atoms with E-state index >= 15 is 0 Å². The molecule has 0 atom stereocenters. The van der Waals surface area contributed by atoms with Gasteiger partial charge >= 0.3 is 5.97 Å². The number of hydrogen-bond acceptors (Lipinski definition) is 6. The summed E-state index contributed by atoms with van der Waals surface area (Å²) in [5.41, 5.74) is 0.487. The van der Waals surface area contributed by atoms with Gasteiger partial charge in [-0.05, 0) is 26.8 Å². The van der Waals surface area contributed by atoms with Crippen molar-refractivity contribution in [2.75, 3.05) is 52.9 Å². The van der Waals surface area contributed by atoms with E-state index in [1.54, 1.807) is 13.0 Å². The second kappa shape index (κ2) is 9.01. The number of piperazine rings is 1. The lowest BCUT2D eigenvalue weighted by molar-refractivity contribution is -0.132. The van der Waals surface area contributed by atoms with Crippen molar-refractivity contribution in [3.05, 3.63) is 23.2 Å². The summed E-state index contributed by atoms with van der Waals surface area (Å²) in [5, 5.41) is 0. The van der Waals surface area contributed by atoms with Crippen molar-refractivity contribution in [2.45, 2.75) is 27.3 Å². The minimum atomic E-state index is -0.368. The minimum Gasteiger partial charge on any atom is -0.465 e. The number of methoxy groups -OCH3 is 1. The number of furan rings is 1. The molecule has 0 spiro atoms. The van der Waals surface area contributed by atoms with Crippen LogP contribution in [0.2, 0.25) is 0 Å². The standard InChI is InChI=1S/C18H29N3O4/c1-5-21(6-2)17(22)13-20-9-7-19(8-10-20)12-15-11-16(14(3)25-15)18(23)24-4/h11H,5-10,12-13H2,1-4H3. The molecule has 0 radical (unpaired) electrons. The van der Waals surface area contributed by atoms with Crippen molar-refractivity contribution in [1.29, 1.82) is 0 Å². The maximum Gasteiger partial charge on any atom is 0.341 e. The summed E-state index contributed by atoms with van der Waals surface area (Å²) < 4.78 is 10.4. The number of esters is 1. The highest BCUT2D eigenvalue weighted by Gasteiger charge is 2.22. The molecule has 0 bridgehead atoms. The molecule has 25 heavy (non-hydrogen) atoms. The highest BCUT2D eigenvalue weighted by molar-refractivity contribution is 5.90. The van der Waals surface area contributed by atoms with Gasteiger partial charge in [0.15, 0.2) is 0 Å². The summed E-state index contributed by atoms with van der Waals surface area (Å²) in [6, 6.07) is 1.76. The van der Waals surface area contributed by atoms with Gasteiger partial charge in [-0.2, -0.15) is 0 Å². The maximum absolute atomic E-state index is 12.2. The van der Waals surface area contributed by atoms with Gasteiger partial charge in [-0.1, -0.05) is 0 Å². The monoisotopic (exact) mass is 351 g/mol. The van der Waals surface area contributed by atoms with Crippen LogP contribution in [0.5, 0.6) is 0 Å². The molecule has 0 saturated carbocycles. The number of amides is 1. The van der Waals surface area contributed by atoms with E-state index in [2.05, 4.69) is 9.80 Å². The fourth-order valence-corrected chi connectivity index (χ4v) is 3.13. The van der Waals surface area contributed by atoms with Crippen LogP contribution in [0.1, 0.15) is 35.7 Å². The van der Waals surface area contributed by atoms with Crippen LogP contribution in [0.3, 0.4) is 0 Å². The van der Waals surface area contributed by atoms with Gasteiger partial charge in [-0.25, -0.2) is 4.79 Å². The number of nitrogens with zero attached hydrogens (tertiary/aromatic N) is 3. The van der Waals surface area contributed by atoms with E-state index in [0.717, 1.165) is 45.0 Å². The van der Waals surface area contributed by atoms with Gasteiger partial charge in [0.25, 0.3) is 0 Å². The third-order valence-electron chi connectivity index (χ3n) is 4.69. The number of carbonyl (C=O) groups is 2. The van der Waals surface area contributed by atoms with E-state index in [9.17, 15) is 9.59 Å². The molecular formula is C18H29N3O4. The first-order valence-corrected chi connectivity index (χ1v) is 8.88. The van der Waals surface area contributed by atoms with Crippen molar-refractivity contribution in [2.24, 2.45) is 0 Å². The molecule has 1 amide bonds. The molecular weight excluding hydrogens is 322 g/mol. The molecule has 1 aliphatic heterocycles. The second-order valence-corrected chi connectivity index (χ2v) is 6.29. The summed E-state index contributed by atoms with van der Waals surface area (Å²) in [4.78, 5) is 30.2. The Hall–Kier alpha value is -1.86. The molecule has 2 heterocycles. The van der Waals surface area contributed by atoms with Gasteiger partial charge in [-0.3, -0.25) is 14.6 Å². The molecule has 2 rings (SSSR count). The van der Waals surface area contributed by atoms with Crippen LogP contribution in [0.25, 0.3) is 0 Å². The smallest absolute Gasteiger partial charge is 0.341 e. The predicted octanol–water partition coefficient (Wildman–Crippen LogP) is 1.36. The number of ether oxygens (including phenoxy) is 1. The Kier molecular flexibility index (Phi) is 7.01. The van der Waals surface area contributed by atoms with Crippen LogP contribution < -0.4 is 0 Å². The first-order chi connectivity index (χ1) is 12.0. The van der Waals surface area contributed by atoms with E-state index in [1.165, 1.54) is 7.11 Å². The van der Waals surface area contributed by atoms with E-state index in [1.807, 2.05) is 18.7 Å². The Morgan fingerprint density at radius 3 is 2.32 bits per heavy atom. The Morgan fingerprint density at radius 2 is 1.76 bits per heavy atom. The first kappa shape index (κ1) is 19.5. The lowest BCUT2D eigenvalue weighted by Crippen LogP contribution is -2.49. The van der Waals surface area contributed by atoms with Gasteiger partial charge in [-0.15, -0.1) is 0 Å². The number of likely N-dealkylation sites (N-methyl/N-ethyl adjacent to an activating group) is 1. The van der Waals surface area contributed by atoms with Crippen molar-refractivity contribution >= 4 is 11.9 Å². The Balaban J connectivity index is 1.83. The zero-order valence-corrected chi connectivity index (χ0v) is 15.7. The third-order valence-corrected chi connectivity index (χ3v) is 4.69. The molecule has 1 aliphatic rings. The molecule has 0 aromatic carbocycles. The van der Waals surface area contributed by atoms with Crippen LogP contribution in [-0.4, -0.2) is 79.5 Å². The second-order valence-electron chi connectivity index (χ2n) is 6.29. The average Bonchev–Trinajstić information content (AvgIpc) is 2.97. The highest BCUT2D eigenvalue weighted by Crippen LogP contribution is 2.18. The highest BCUT2D eigenvalue weighted by atomic mass is 16.5. The summed E-state index contributed by atoms with van der Waals surface area (Å²) in [6.45, 7) is 11.9. The molecule has 1 aromatic rings. The summed E-state index contributed by atoms with van der Waals surface area (Å²) in [7, 11) is 1.37. The molecule has 0 aliphatic carbocycles. The van der Waals surface area contributed by atoms with E-state index in [0.29, 0.717) is 24.4 Å². The molecule has 1 saturated heterocycles. The third kappa shape index (κ3) is 5.06. The van der Waals surface area contributed by atoms with Gasteiger partial charge in [0.1, 0.15) is 17.1 Å². The normalized spacial score (nSPS) is 16.0. The number of rotatable bonds is 7. The minimum absolute atomic E-state index is 0.197. The number of hydrogen-bond donors (Lipinski definition) is 0. The van der Waals surface area contributed by atoms with Crippen molar-refractivity contribution in [3.63, 3.8) is 0 Å². The fraction of sp³-hybridized carbons (Fsp3) is 0.667. The van der Waals surface area contributed by atoms with E-state index in [4.69, 9.17) is 9.15 Å². The first-order valence-electron chi connectivity index (χ1n) is 8.88. The molecule has 0 N–H and O–H groups in total. The lowest BCUT2D eigenvalue weighted by atomic mass is 10.2. The molecule has 7 nitrogen and oxygen atoms in total. The average molecular weight is 351 g/mol. The lowest BCUT2D eigenvalue weighted by Gasteiger charge is -2.34. The van der Waals surface area contributed by atoms with Crippen LogP contribution in [0, 0.1) is 6.92 Å². The zero-order chi connectivity index (χ0) is 18.4. The Labute approximate surface area is 149 Å². The van der Waals surface area contributed by atoms with Crippen LogP contribution >= 0.6 is 0 Å². The fourth-order valence-electron chi connectivity index (χ4n) is 3.13. The van der Waals surface area contributed by atoms with Gasteiger partial charge in [0.05, 0.1) is 20.2 Å². The van der Waals surface area contributed by atoms with Gasteiger partial charge in [0.2, 0.25) is 5.91 Å². The molecule has 1 fully saturated rings. The number of aryl methyl sites for hydroxylation is 1. The van der Waals surface area contributed by atoms with Crippen LogP contribution in [0.15, 0.2) is 10.5 Å². The predicted molar refractivity (Wildman–Crippen MR) is 94.4 cm³/mol. The van der Waals surface area contributed by atoms with Gasteiger partial charge < -0.3 is 14.1 Å². The SMILES string of the molecule is CCN(CC)C(=O)CN1CCN(Cc2cc(C(=O)OC)c(C)o2)CC1. The summed E-state index contributed by atoms with van der Waals surface area (Å²) in [5.74, 6) is 1.19. The molecule has 140 valence electrons. The van der Waals surface area contributed by atoms with E-state index in [-0.39, 0.29) is 11.9 Å². The molecule has 0 unspecified atom stereocenters. The summed E-state index contributed by atoms with van der Waals surface area (Å²) in [6.07, 6.45) is 0. The Bertz CT molecular complexity index is 587. The van der Waals surface area contributed by atoms with E-state index < -0.39 is 0 Å². The van der Waals surface area contributed by atoms with Crippen LogP contribution in [0.4, 0.5) is 0 Å². The molecule has 7 heteroatoms. The topological polar surface area (TPSA) is 66.2 Å². The van der Waals surface area contributed by atoms with Crippen molar-refractivity contribution < 1.29 is 18.7 Å². The van der Waals surface area contributed by atoms with Crippen LogP contribution in [-0.2, 0) is 16.1 Å². The Morgan fingerprint density at radius 1 is 1.16 bits per heavy atom. The summed E-state index contributed by atoms with van der Waals surface area (Å²) >= 11 is 0. The maximum atomic E-state index is 12.2. The van der Waals surface area contributed by atoms with Gasteiger partial charge in [0, 0.05) is 39.3 Å². The zero-order valence-electron chi connectivity index (χ0n) is 15.7. The quantitative estimate of drug-likeness (QED) is 0.691. The largest absolute Gasteiger partial charge is 0.465 e. The number of carbonyl (C=O) groups excluding carboxylic acids is 2. The van der Waals surface area contributed by atoms with Crippen molar-refractivity contribution in [3.8, 4) is 0 Å².